The van der Waals surface area contributed by atoms with Crippen LogP contribution in [-0.4, -0.2) is 19.4 Å². The van der Waals surface area contributed by atoms with E-state index in [9.17, 15) is 4.79 Å². The van der Waals surface area contributed by atoms with E-state index < -0.39 is 0 Å². The van der Waals surface area contributed by atoms with Crippen LogP contribution in [0.25, 0.3) is 0 Å². The van der Waals surface area contributed by atoms with Crippen molar-refractivity contribution >= 4 is 5.97 Å². The number of esters is 1. The van der Waals surface area contributed by atoms with Gasteiger partial charge in [0.25, 0.3) is 0 Å². The monoisotopic (exact) mass is 250 g/mol. The van der Waals surface area contributed by atoms with Crippen LogP contribution in [-0.2, 0) is 20.7 Å². The molecule has 1 unspecified atom stereocenters. The molecule has 0 spiro atoms. The first-order chi connectivity index (χ1) is 8.67. The summed E-state index contributed by atoms with van der Waals surface area (Å²) in [4.78, 5) is 11.5. The lowest BCUT2D eigenvalue weighted by molar-refractivity contribution is -0.154. The Kier molecular flexibility index (Phi) is 6.44. The van der Waals surface area contributed by atoms with Crippen molar-refractivity contribution in [2.75, 3.05) is 13.4 Å². The van der Waals surface area contributed by atoms with Gasteiger partial charge in [-0.3, -0.25) is 4.79 Å². The lowest BCUT2D eigenvalue weighted by Crippen LogP contribution is -2.11. The molecular formula is C15H22O3. The number of carbonyl (C=O) groups is 1. The summed E-state index contributed by atoms with van der Waals surface area (Å²) in [6, 6.07) is 8.14. The Bertz CT molecular complexity index is 357. The molecule has 1 rings (SSSR count). The van der Waals surface area contributed by atoms with Crippen LogP contribution in [0.2, 0.25) is 0 Å². The van der Waals surface area contributed by atoms with Crippen LogP contribution >= 0.6 is 0 Å². The van der Waals surface area contributed by atoms with Crippen molar-refractivity contribution < 1.29 is 14.3 Å². The molecule has 1 aromatic rings. The minimum Gasteiger partial charge on any atom is -0.438 e. The maximum atomic E-state index is 11.5. The topological polar surface area (TPSA) is 35.5 Å². The summed E-state index contributed by atoms with van der Waals surface area (Å²) in [6.07, 6.45) is 1.42. The van der Waals surface area contributed by atoms with E-state index >= 15 is 0 Å². The molecule has 1 aromatic carbocycles. The average Bonchev–Trinajstić information content (AvgIpc) is 2.39. The molecule has 18 heavy (non-hydrogen) atoms. The summed E-state index contributed by atoms with van der Waals surface area (Å²) >= 11 is 0. The third-order valence-corrected chi connectivity index (χ3v) is 3.02. The highest BCUT2D eigenvalue weighted by Crippen LogP contribution is 2.18. The van der Waals surface area contributed by atoms with E-state index in [4.69, 9.17) is 9.47 Å². The lowest BCUT2D eigenvalue weighted by Gasteiger charge is -2.09. The predicted octanol–water partition coefficient (Wildman–Crippen LogP) is 3.28. The first-order valence-electron chi connectivity index (χ1n) is 6.49. The first-order valence-corrected chi connectivity index (χ1v) is 6.49. The van der Waals surface area contributed by atoms with Crippen molar-refractivity contribution in [2.24, 2.45) is 0 Å². The molecule has 0 heterocycles. The standard InChI is InChI=1S/C15H22O3/c1-4-12(3)14-8-6-13(7-9-14)10-15(16)18-11-17-5-2/h6-9,12H,4-5,10-11H2,1-3H3. The van der Waals surface area contributed by atoms with Gasteiger partial charge in [-0.15, -0.1) is 0 Å². The summed E-state index contributed by atoms with van der Waals surface area (Å²) in [5, 5.41) is 0. The summed E-state index contributed by atoms with van der Waals surface area (Å²) in [5.41, 5.74) is 2.28. The van der Waals surface area contributed by atoms with Crippen molar-refractivity contribution in [3.05, 3.63) is 35.4 Å². The van der Waals surface area contributed by atoms with Gasteiger partial charge in [-0.25, -0.2) is 0 Å². The predicted molar refractivity (Wildman–Crippen MR) is 71.4 cm³/mol. The van der Waals surface area contributed by atoms with Crippen LogP contribution < -0.4 is 0 Å². The molecule has 0 aliphatic rings. The van der Waals surface area contributed by atoms with Crippen LogP contribution in [0, 0.1) is 0 Å². The van der Waals surface area contributed by atoms with Gasteiger partial charge >= 0.3 is 5.97 Å². The zero-order chi connectivity index (χ0) is 13.4. The summed E-state index contributed by atoms with van der Waals surface area (Å²) in [7, 11) is 0. The Hall–Kier alpha value is -1.35. The molecule has 0 N–H and O–H groups in total. The fourth-order valence-corrected chi connectivity index (χ4v) is 1.61. The highest BCUT2D eigenvalue weighted by Gasteiger charge is 2.06. The Balaban J connectivity index is 2.45. The Labute approximate surface area is 109 Å². The summed E-state index contributed by atoms with van der Waals surface area (Å²) in [6.45, 7) is 6.83. The molecule has 3 heteroatoms. The molecule has 0 bridgehead atoms. The molecule has 0 radical (unpaired) electrons. The van der Waals surface area contributed by atoms with Crippen molar-refractivity contribution in [3.63, 3.8) is 0 Å². The Morgan fingerprint density at radius 2 is 1.89 bits per heavy atom. The summed E-state index contributed by atoms with van der Waals surface area (Å²) < 4.78 is 9.89. The normalized spacial score (nSPS) is 12.2. The van der Waals surface area contributed by atoms with Gasteiger partial charge in [-0.05, 0) is 30.4 Å². The highest BCUT2D eigenvalue weighted by molar-refractivity contribution is 5.72. The van der Waals surface area contributed by atoms with Gasteiger partial charge in [0.05, 0.1) is 6.42 Å². The maximum absolute atomic E-state index is 11.5. The number of rotatable bonds is 7. The smallest absolute Gasteiger partial charge is 0.312 e. The molecule has 0 amide bonds. The molecule has 0 saturated carbocycles. The van der Waals surface area contributed by atoms with Gasteiger partial charge in [-0.1, -0.05) is 38.1 Å². The van der Waals surface area contributed by atoms with Crippen LogP contribution in [0.4, 0.5) is 0 Å². The van der Waals surface area contributed by atoms with Gasteiger partial charge in [0.2, 0.25) is 0 Å². The van der Waals surface area contributed by atoms with Crippen LogP contribution in [0.5, 0.6) is 0 Å². The van der Waals surface area contributed by atoms with Gasteiger partial charge in [0, 0.05) is 6.61 Å². The molecule has 1 atom stereocenters. The zero-order valence-electron chi connectivity index (χ0n) is 11.4. The SMILES string of the molecule is CCOCOC(=O)Cc1ccc(C(C)CC)cc1. The average molecular weight is 250 g/mol. The third-order valence-electron chi connectivity index (χ3n) is 3.02. The molecular weight excluding hydrogens is 228 g/mol. The highest BCUT2D eigenvalue weighted by atomic mass is 16.7. The van der Waals surface area contributed by atoms with E-state index in [0.717, 1.165) is 12.0 Å². The van der Waals surface area contributed by atoms with E-state index in [1.807, 2.05) is 19.1 Å². The number of ether oxygens (including phenoxy) is 2. The van der Waals surface area contributed by atoms with Gasteiger partial charge in [-0.2, -0.15) is 0 Å². The first kappa shape index (κ1) is 14.7. The summed E-state index contributed by atoms with van der Waals surface area (Å²) in [5.74, 6) is 0.309. The number of carbonyl (C=O) groups excluding carboxylic acids is 1. The van der Waals surface area contributed by atoms with Crippen LogP contribution in [0.3, 0.4) is 0 Å². The van der Waals surface area contributed by atoms with E-state index in [0.29, 0.717) is 18.9 Å². The lowest BCUT2D eigenvalue weighted by atomic mass is 9.97. The molecule has 0 aliphatic heterocycles. The van der Waals surface area contributed by atoms with E-state index in [2.05, 4.69) is 26.0 Å². The Morgan fingerprint density at radius 1 is 1.22 bits per heavy atom. The van der Waals surface area contributed by atoms with Gasteiger partial charge < -0.3 is 9.47 Å². The van der Waals surface area contributed by atoms with Gasteiger partial charge in [0.1, 0.15) is 0 Å². The third kappa shape index (κ3) is 4.88. The molecule has 0 saturated heterocycles. The van der Waals surface area contributed by atoms with Crippen molar-refractivity contribution in [2.45, 2.75) is 39.5 Å². The number of benzene rings is 1. The quantitative estimate of drug-likeness (QED) is 0.423. The fraction of sp³-hybridized carbons (Fsp3) is 0.533. The van der Waals surface area contributed by atoms with Crippen molar-refractivity contribution in [1.82, 2.24) is 0 Å². The van der Waals surface area contributed by atoms with Gasteiger partial charge in [0.15, 0.2) is 6.79 Å². The van der Waals surface area contributed by atoms with E-state index in [1.54, 1.807) is 0 Å². The second-order valence-corrected chi connectivity index (χ2v) is 4.35. The molecule has 0 aliphatic carbocycles. The van der Waals surface area contributed by atoms with E-state index in [-0.39, 0.29) is 12.8 Å². The molecule has 3 nitrogen and oxygen atoms in total. The minimum atomic E-state index is -0.250. The minimum absolute atomic E-state index is 0.0420. The van der Waals surface area contributed by atoms with Crippen molar-refractivity contribution in [3.8, 4) is 0 Å². The zero-order valence-corrected chi connectivity index (χ0v) is 11.4. The second kappa shape index (κ2) is 7.88. The second-order valence-electron chi connectivity index (χ2n) is 4.35. The molecule has 100 valence electrons. The fourth-order valence-electron chi connectivity index (χ4n) is 1.61. The van der Waals surface area contributed by atoms with Crippen LogP contribution in [0.15, 0.2) is 24.3 Å². The maximum Gasteiger partial charge on any atom is 0.312 e. The Morgan fingerprint density at radius 3 is 2.44 bits per heavy atom. The van der Waals surface area contributed by atoms with Crippen LogP contribution in [0.1, 0.15) is 44.2 Å². The molecule has 0 fully saturated rings. The number of hydrogen-bond donors (Lipinski definition) is 0. The van der Waals surface area contributed by atoms with Crippen molar-refractivity contribution in [1.29, 1.82) is 0 Å². The molecule has 0 aromatic heterocycles. The number of hydrogen-bond acceptors (Lipinski definition) is 3. The van der Waals surface area contributed by atoms with E-state index in [1.165, 1.54) is 5.56 Å². The largest absolute Gasteiger partial charge is 0.438 e.